The zero-order valence-electron chi connectivity index (χ0n) is 9.79. The summed E-state index contributed by atoms with van der Waals surface area (Å²) in [4.78, 5) is 12.0. The number of halogens is 3. The zero-order valence-corrected chi connectivity index (χ0v) is 12.1. The van der Waals surface area contributed by atoms with Crippen LogP contribution in [-0.4, -0.2) is 5.91 Å². The fourth-order valence-electron chi connectivity index (χ4n) is 1.58. The standard InChI is InChI=1S/C14H10BrClFNO/c15-11-4-5-12(17)13(7-11)18-14(19)10-3-1-2-9(6-10)8-16/h1-7H,8H2,(H,18,19). The van der Waals surface area contributed by atoms with Crippen LogP contribution in [0.3, 0.4) is 0 Å². The van der Waals surface area contributed by atoms with Crippen LogP contribution < -0.4 is 5.32 Å². The predicted octanol–water partition coefficient (Wildman–Crippen LogP) is 4.58. The van der Waals surface area contributed by atoms with Gasteiger partial charge in [0.2, 0.25) is 0 Å². The van der Waals surface area contributed by atoms with Crippen molar-refractivity contribution in [3.63, 3.8) is 0 Å². The van der Waals surface area contributed by atoms with Crippen molar-refractivity contribution in [1.29, 1.82) is 0 Å². The van der Waals surface area contributed by atoms with Crippen molar-refractivity contribution >= 4 is 39.1 Å². The molecule has 0 aliphatic rings. The number of benzene rings is 2. The van der Waals surface area contributed by atoms with Gasteiger partial charge in [-0.2, -0.15) is 0 Å². The van der Waals surface area contributed by atoms with Crippen LogP contribution in [0.25, 0.3) is 0 Å². The molecule has 0 fully saturated rings. The maximum atomic E-state index is 13.5. The van der Waals surface area contributed by atoms with Crippen molar-refractivity contribution in [2.45, 2.75) is 5.88 Å². The lowest BCUT2D eigenvalue weighted by Crippen LogP contribution is -2.13. The Bertz CT molecular complexity index is 618. The average Bonchev–Trinajstić information content (AvgIpc) is 2.43. The molecular weight excluding hydrogens is 333 g/mol. The monoisotopic (exact) mass is 341 g/mol. The van der Waals surface area contributed by atoms with Crippen LogP contribution in [0.2, 0.25) is 0 Å². The Morgan fingerprint density at radius 3 is 2.79 bits per heavy atom. The van der Waals surface area contributed by atoms with Crippen LogP contribution in [-0.2, 0) is 5.88 Å². The van der Waals surface area contributed by atoms with Crippen LogP contribution >= 0.6 is 27.5 Å². The average molecular weight is 343 g/mol. The van der Waals surface area contributed by atoms with Gasteiger partial charge in [-0.05, 0) is 35.9 Å². The van der Waals surface area contributed by atoms with Crippen molar-refractivity contribution in [2.24, 2.45) is 0 Å². The molecule has 2 nitrogen and oxygen atoms in total. The lowest BCUT2D eigenvalue weighted by atomic mass is 10.1. The molecule has 2 aromatic rings. The van der Waals surface area contributed by atoms with E-state index in [1.165, 1.54) is 12.1 Å². The van der Waals surface area contributed by atoms with Crippen molar-refractivity contribution < 1.29 is 9.18 Å². The molecule has 0 aliphatic heterocycles. The third-order valence-corrected chi connectivity index (χ3v) is 3.32. The van der Waals surface area contributed by atoms with E-state index in [0.717, 1.165) is 5.56 Å². The van der Waals surface area contributed by atoms with Crippen LogP contribution in [0, 0.1) is 5.82 Å². The number of hydrogen-bond donors (Lipinski definition) is 1. The molecule has 0 saturated carbocycles. The molecule has 0 atom stereocenters. The molecule has 0 heterocycles. The SMILES string of the molecule is O=C(Nc1cc(Br)ccc1F)c1cccc(CCl)c1. The van der Waals surface area contributed by atoms with E-state index in [4.69, 9.17) is 11.6 Å². The molecule has 1 N–H and O–H groups in total. The summed E-state index contributed by atoms with van der Waals surface area (Å²) < 4.78 is 14.2. The van der Waals surface area contributed by atoms with Gasteiger partial charge < -0.3 is 5.32 Å². The fourth-order valence-corrected chi connectivity index (χ4v) is 2.11. The summed E-state index contributed by atoms with van der Waals surface area (Å²) in [5.41, 5.74) is 1.41. The zero-order chi connectivity index (χ0) is 13.8. The summed E-state index contributed by atoms with van der Waals surface area (Å²) in [6.07, 6.45) is 0. The number of nitrogens with one attached hydrogen (secondary N) is 1. The number of hydrogen-bond acceptors (Lipinski definition) is 1. The summed E-state index contributed by atoms with van der Waals surface area (Å²) in [6, 6.07) is 11.3. The molecule has 0 aliphatic carbocycles. The highest BCUT2D eigenvalue weighted by Gasteiger charge is 2.10. The van der Waals surface area contributed by atoms with Gasteiger partial charge in [0.25, 0.3) is 5.91 Å². The van der Waals surface area contributed by atoms with Crippen molar-refractivity contribution in [3.8, 4) is 0 Å². The predicted molar refractivity (Wildman–Crippen MR) is 78.1 cm³/mol. The highest BCUT2D eigenvalue weighted by atomic mass is 79.9. The second-order valence-corrected chi connectivity index (χ2v) is 5.10. The van der Waals surface area contributed by atoms with Crippen molar-refractivity contribution in [1.82, 2.24) is 0 Å². The summed E-state index contributed by atoms with van der Waals surface area (Å²) in [5, 5.41) is 2.53. The Labute approximate surface area is 123 Å². The third kappa shape index (κ3) is 3.55. The molecule has 0 unspecified atom stereocenters. The lowest BCUT2D eigenvalue weighted by Gasteiger charge is -2.07. The van der Waals surface area contributed by atoms with Gasteiger partial charge in [0.15, 0.2) is 0 Å². The largest absolute Gasteiger partial charge is 0.319 e. The quantitative estimate of drug-likeness (QED) is 0.813. The van der Waals surface area contributed by atoms with E-state index >= 15 is 0 Å². The number of alkyl halides is 1. The Balaban J connectivity index is 2.22. The Hall–Kier alpha value is -1.39. The van der Waals surface area contributed by atoms with Gasteiger partial charge in [0.05, 0.1) is 5.69 Å². The first-order chi connectivity index (χ1) is 9.10. The van der Waals surface area contributed by atoms with E-state index in [9.17, 15) is 9.18 Å². The number of rotatable bonds is 3. The number of carbonyl (C=O) groups excluding carboxylic acids is 1. The molecule has 0 radical (unpaired) electrons. The lowest BCUT2D eigenvalue weighted by molar-refractivity contribution is 0.102. The number of amides is 1. The van der Waals surface area contributed by atoms with E-state index < -0.39 is 5.82 Å². The molecule has 0 spiro atoms. The number of anilines is 1. The van der Waals surface area contributed by atoms with E-state index in [0.29, 0.717) is 15.9 Å². The molecule has 98 valence electrons. The molecule has 19 heavy (non-hydrogen) atoms. The Kier molecular flexibility index (Phi) is 4.56. The minimum absolute atomic E-state index is 0.135. The van der Waals surface area contributed by atoms with Crippen LogP contribution in [0.5, 0.6) is 0 Å². The topological polar surface area (TPSA) is 29.1 Å². The summed E-state index contributed by atoms with van der Waals surface area (Å²) in [5.74, 6) is -0.527. The Morgan fingerprint density at radius 2 is 2.05 bits per heavy atom. The van der Waals surface area contributed by atoms with Gasteiger partial charge in [0, 0.05) is 15.9 Å². The van der Waals surface area contributed by atoms with E-state index in [-0.39, 0.29) is 11.6 Å². The first-order valence-corrected chi connectivity index (χ1v) is 6.84. The van der Waals surface area contributed by atoms with Crippen molar-refractivity contribution in [2.75, 3.05) is 5.32 Å². The Morgan fingerprint density at radius 1 is 1.26 bits per heavy atom. The molecule has 0 bridgehead atoms. The third-order valence-electron chi connectivity index (χ3n) is 2.52. The molecule has 1 amide bonds. The first kappa shape index (κ1) is 14.0. The van der Waals surface area contributed by atoms with Gasteiger partial charge in [-0.15, -0.1) is 11.6 Å². The minimum atomic E-state index is -0.481. The van der Waals surface area contributed by atoms with Crippen LogP contribution in [0.1, 0.15) is 15.9 Å². The van der Waals surface area contributed by atoms with Gasteiger partial charge in [-0.1, -0.05) is 28.1 Å². The maximum absolute atomic E-state index is 13.5. The molecule has 5 heteroatoms. The van der Waals surface area contributed by atoms with Crippen LogP contribution in [0.4, 0.5) is 10.1 Å². The van der Waals surface area contributed by atoms with E-state index in [2.05, 4.69) is 21.2 Å². The molecule has 0 saturated heterocycles. The number of carbonyl (C=O) groups is 1. The molecule has 2 rings (SSSR count). The molecular formula is C14H10BrClFNO. The van der Waals surface area contributed by atoms with E-state index in [1.54, 1.807) is 24.3 Å². The van der Waals surface area contributed by atoms with Gasteiger partial charge in [-0.25, -0.2) is 4.39 Å². The van der Waals surface area contributed by atoms with Gasteiger partial charge in [0.1, 0.15) is 5.82 Å². The van der Waals surface area contributed by atoms with Gasteiger partial charge >= 0.3 is 0 Å². The maximum Gasteiger partial charge on any atom is 0.255 e. The summed E-state index contributed by atoms with van der Waals surface area (Å²) in [7, 11) is 0. The fraction of sp³-hybridized carbons (Fsp3) is 0.0714. The van der Waals surface area contributed by atoms with Crippen LogP contribution in [0.15, 0.2) is 46.9 Å². The highest BCUT2D eigenvalue weighted by molar-refractivity contribution is 9.10. The first-order valence-electron chi connectivity index (χ1n) is 5.51. The molecule has 0 aromatic heterocycles. The van der Waals surface area contributed by atoms with Crippen molar-refractivity contribution in [3.05, 3.63) is 63.9 Å². The normalized spacial score (nSPS) is 10.3. The smallest absolute Gasteiger partial charge is 0.255 e. The van der Waals surface area contributed by atoms with Gasteiger partial charge in [-0.3, -0.25) is 4.79 Å². The molecule has 2 aromatic carbocycles. The minimum Gasteiger partial charge on any atom is -0.319 e. The second kappa shape index (κ2) is 6.17. The highest BCUT2D eigenvalue weighted by Crippen LogP contribution is 2.21. The summed E-state index contributed by atoms with van der Waals surface area (Å²) in [6.45, 7) is 0. The van der Waals surface area contributed by atoms with E-state index in [1.807, 2.05) is 6.07 Å². The second-order valence-electron chi connectivity index (χ2n) is 3.91. The summed E-state index contributed by atoms with van der Waals surface area (Å²) >= 11 is 8.94.